The van der Waals surface area contributed by atoms with Crippen molar-refractivity contribution < 1.29 is 19.1 Å². The van der Waals surface area contributed by atoms with E-state index in [0.29, 0.717) is 26.9 Å². The standard InChI is InChI=1S/C15H15NO4S/c1-9(17)13-6-7-14(21-13)15(18)16-11-8-10(19-2)4-5-12(11)20-3/h4-8H,1-3H3,(H,16,18). The molecule has 5 nitrogen and oxygen atoms in total. The van der Waals surface area contributed by atoms with Gasteiger partial charge in [-0.3, -0.25) is 9.59 Å². The molecule has 1 N–H and O–H groups in total. The fraction of sp³-hybridized carbons (Fsp3) is 0.200. The number of methoxy groups -OCH3 is 2. The van der Waals surface area contributed by atoms with Crippen LogP contribution in [0.25, 0.3) is 0 Å². The van der Waals surface area contributed by atoms with Crippen molar-refractivity contribution in [1.82, 2.24) is 0 Å². The van der Waals surface area contributed by atoms with E-state index < -0.39 is 0 Å². The summed E-state index contributed by atoms with van der Waals surface area (Å²) in [7, 11) is 3.07. The smallest absolute Gasteiger partial charge is 0.265 e. The highest BCUT2D eigenvalue weighted by Crippen LogP contribution is 2.30. The molecule has 110 valence electrons. The van der Waals surface area contributed by atoms with Crippen LogP contribution in [0.1, 0.15) is 26.3 Å². The Labute approximate surface area is 126 Å². The van der Waals surface area contributed by atoms with Crippen molar-refractivity contribution in [3.05, 3.63) is 40.1 Å². The minimum Gasteiger partial charge on any atom is -0.497 e. The number of amides is 1. The summed E-state index contributed by atoms with van der Waals surface area (Å²) in [4.78, 5) is 24.5. The van der Waals surface area contributed by atoms with Gasteiger partial charge in [-0.25, -0.2) is 0 Å². The van der Waals surface area contributed by atoms with Gasteiger partial charge in [0.1, 0.15) is 11.5 Å². The molecule has 2 rings (SSSR count). The molecule has 0 saturated carbocycles. The SMILES string of the molecule is COc1ccc(OC)c(NC(=O)c2ccc(C(C)=O)s2)c1. The third-order valence-corrected chi connectivity index (χ3v) is 4.02. The second-order valence-corrected chi connectivity index (χ2v) is 5.32. The maximum Gasteiger partial charge on any atom is 0.265 e. The maximum atomic E-state index is 12.2. The molecule has 0 unspecified atom stereocenters. The Morgan fingerprint density at radius 2 is 1.76 bits per heavy atom. The van der Waals surface area contributed by atoms with Crippen LogP contribution in [-0.4, -0.2) is 25.9 Å². The molecule has 0 aliphatic carbocycles. The van der Waals surface area contributed by atoms with E-state index in [1.807, 2.05) is 0 Å². The van der Waals surface area contributed by atoms with Gasteiger partial charge in [0.15, 0.2) is 5.78 Å². The van der Waals surface area contributed by atoms with Crippen LogP contribution in [0, 0.1) is 0 Å². The van der Waals surface area contributed by atoms with Crippen LogP contribution in [-0.2, 0) is 0 Å². The lowest BCUT2D eigenvalue weighted by Crippen LogP contribution is -2.11. The van der Waals surface area contributed by atoms with Gasteiger partial charge >= 0.3 is 0 Å². The molecule has 0 spiro atoms. The van der Waals surface area contributed by atoms with Gasteiger partial charge in [0.25, 0.3) is 5.91 Å². The molecule has 0 radical (unpaired) electrons. The minimum atomic E-state index is -0.293. The molecule has 0 fully saturated rings. The number of ether oxygens (including phenoxy) is 2. The number of carbonyl (C=O) groups is 2. The van der Waals surface area contributed by atoms with Crippen LogP contribution >= 0.6 is 11.3 Å². The van der Waals surface area contributed by atoms with E-state index in [-0.39, 0.29) is 11.7 Å². The summed E-state index contributed by atoms with van der Waals surface area (Å²) >= 11 is 1.16. The summed E-state index contributed by atoms with van der Waals surface area (Å²) in [5.41, 5.74) is 0.514. The highest BCUT2D eigenvalue weighted by molar-refractivity contribution is 7.16. The Hall–Kier alpha value is -2.34. The van der Waals surface area contributed by atoms with Crippen molar-refractivity contribution in [3.8, 4) is 11.5 Å². The molecule has 1 amide bonds. The first-order chi connectivity index (χ1) is 10.0. The molecular weight excluding hydrogens is 290 g/mol. The van der Waals surface area contributed by atoms with Gasteiger partial charge in [-0.05, 0) is 31.2 Å². The normalized spacial score (nSPS) is 10.0. The van der Waals surface area contributed by atoms with E-state index in [1.54, 1.807) is 37.4 Å². The highest BCUT2D eigenvalue weighted by atomic mass is 32.1. The molecule has 6 heteroatoms. The van der Waals surface area contributed by atoms with Crippen LogP contribution in [0.2, 0.25) is 0 Å². The number of benzene rings is 1. The topological polar surface area (TPSA) is 64.6 Å². The zero-order valence-electron chi connectivity index (χ0n) is 11.9. The van der Waals surface area contributed by atoms with E-state index >= 15 is 0 Å². The second-order valence-electron chi connectivity index (χ2n) is 4.24. The zero-order chi connectivity index (χ0) is 15.4. The highest BCUT2D eigenvalue weighted by Gasteiger charge is 2.14. The van der Waals surface area contributed by atoms with Crippen LogP contribution in [0.3, 0.4) is 0 Å². The summed E-state index contributed by atoms with van der Waals surface area (Å²) in [5, 5.41) is 2.76. The van der Waals surface area contributed by atoms with E-state index in [4.69, 9.17) is 9.47 Å². The molecule has 0 aliphatic heterocycles. The Balaban J connectivity index is 2.23. The molecule has 0 bridgehead atoms. The van der Waals surface area contributed by atoms with Crippen LogP contribution in [0.15, 0.2) is 30.3 Å². The Kier molecular flexibility index (Phi) is 4.59. The van der Waals surface area contributed by atoms with Gasteiger partial charge in [-0.15, -0.1) is 11.3 Å². The van der Waals surface area contributed by atoms with Crippen molar-refractivity contribution in [1.29, 1.82) is 0 Å². The van der Waals surface area contributed by atoms with Gasteiger partial charge in [0.2, 0.25) is 0 Å². The summed E-state index contributed by atoms with van der Waals surface area (Å²) in [6, 6.07) is 8.40. The van der Waals surface area contributed by atoms with Crippen molar-refractivity contribution >= 4 is 28.7 Å². The summed E-state index contributed by atoms with van der Waals surface area (Å²) < 4.78 is 10.3. The fourth-order valence-electron chi connectivity index (χ4n) is 1.74. The lowest BCUT2D eigenvalue weighted by molar-refractivity contribution is 0.101. The number of thiophene rings is 1. The molecule has 1 aromatic carbocycles. The van der Waals surface area contributed by atoms with E-state index in [1.165, 1.54) is 14.0 Å². The number of anilines is 1. The average molecular weight is 305 g/mol. The average Bonchev–Trinajstić information content (AvgIpc) is 2.97. The largest absolute Gasteiger partial charge is 0.497 e. The number of Topliss-reactive ketones (excluding diaryl/α,β-unsaturated/α-hetero) is 1. The predicted molar refractivity (Wildman–Crippen MR) is 81.8 cm³/mol. The number of rotatable bonds is 5. The summed E-state index contributed by atoms with van der Waals surface area (Å²) in [5.74, 6) is 0.797. The Morgan fingerprint density at radius 3 is 2.33 bits per heavy atom. The van der Waals surface area contributed by atoms with Crippen molar-refractivity contribution in [2.75, 3.05) is 19.5 Å². The lowest BCUT2D eigenvalue weighted by Gasteiger charge is -2.11. The third kappa shape index (κ3) is 3.41. The number of ketones is 1. The van der Waals surface area contributed by atoms with Gasteiger partial charge < -0.3 is 14.8 Å². The molecular formula is C15H15NO4S. The van der Waals surface area contributed by atoms with E-state index in [0.717, 1.165) is 11.3 Å². The third-order valence-electron chi connectivity index (χ3n) is 2.83. The van der Waals surface area contributed by atoms with Gasteiger partial charge in [0, 0.05) is 6.07 Å². The molecule has 2 aromatic rings. The fourth-order valence-corrected chi connectivity index (χ4v) is 2.54. The summed E-state index contributed by atoms with van der Waals surface area (Å²) in [6.45, 7) is 1.47. The number of carbonyl (C=O) groups excluding carboxylic acids is 2. The van der Waals surface area contributed by atoms with E-state index in [2.05, 4.69) is 5.32 Å². The quantitative estimate of drug-likeness (QED) is 0.861. The minimum absolute atomic E-state index is 0.0574. The molecule has 1 heterocycles. The van der Waals surface area contributed by atoms with Gasteiger partial charge in [0.05, 0.1) is 29.7 Å². The zero-order valence-corrected chi connectivity index (χ0v) is 12.7. The number of hydrogen-bond donors (Lipinski definition) is 1. The first-order valence-electron chi connectivity index (χ1n) is 6.19. The lowest BCUT2D eigenvalue weighted by atomic mass is 10.2. The monoisotopic (exact) mass is 305 g/mol. The molecule has 1 aromatic heterocycles. The maximum absolute atomic E-state index is 12.2. The molecule has 0 atom stereocenters. The van der Waals surface area contributed by atoms with Crippen LogP contribution < -0.4 is 14.8 Å². The first kappa shape index (κ1) is 15.1. The van der Waals surface area contributed by atoms with Gasteiger partial charge in [-0.1, -0.05) is 0 Å². The number of nitrogens with one attached hydrogen (secondary N) is 1. The van der Waals surface area contributed by atoms with E-state index in [9.17, 15) is 9.59 Å². The number of hydrogen-bond acceptors (Lipinski definition) is 5. The van der Waals surface area contributed by atoms with Crippen molar-refractivity contribution in [2.45, 2.75) is 6.92 Å². The van der Waals surface area contributed by atoms with Crippen molar-refractivity contribution in [2.24, 2.45) is 0 Å². The van der Waals surface area contributed by atoms with Gasteiger partial charge in [-0.2, -0.15) is 0 Å². The summed E-state index contributed by atoms with van der Waals surface area (Å²) in [6.07, 6.45) is 0. The van der Waals surface area contributed by atoms with Crippen molar-refractivity contribution in [3.63, 3.8) is 0 Å². The molecule has 0 aliphatic rings. The second kappa shape index (κ2) is 6.41. The first-order valence-corrected chi connectivity index (χ1v) is 7.01. The molecule has 21 heavy (non-hydrogen) atoms. The molecule has 0 saturated heterocycles. The Bertz CT molecular complexity index is 678. The van der Waals surface area contributed by atoms with Crippen LogP contribution in [0.4, 0.5) is 5.69 Å². The predicted octanol–water partition coefficient (Wildman–Crippen LogP) is 3.22. The van der Waals surface area contributed by atoms with Crippen LogP contribution in [0.5, 0.6) is 11.5 Å². The Morgan fingerprint density at radius 1 is 1.05 bits per heavy atom.